The first-order valence-electron chi connectivity index (χ1n) is 5.05. The van der Waals surface area contributed by atoms with E-state index in [1.165, 1.54) is 38.9 Å². The van der Waals surface area contributed by atoms with E-state index >= 15 is 0 Å². The lowest BCUT2D eigenvalue weighted by Gasteiger charge is -2.26. The summed E-state index contributed by atoms with van der Waals surface area (Å²) in [5.41, 5.74) is 0.308. The summed E-state index contributed by atoms with van der Waals surface area (Å²) in [6.45, 7) is 8.43. The van der Waals surface area contributed by atoms with Crippen molar-refractivity contribution in [1.29, 1.82) is 0 Å². The van der Waals surface area contributed by atoms with Crippen LogP contribution in [0.4, 0.5) is 0 Å². The fraction of sp³-hybridized carbons (Fsp3) is 1.00. The Hall–Kier alpha value is -0.0800. The third kappa shape index (κ3) is 3.11. The Labute approximate surface area is 76.3 Å². The molecule has 1 aliphatic heterocycles. The fourth-order valence-corrected chi connectivity index (χ4v) is 1.57. The Bertz CT molecular complexity index is 126. The van der Waals surface area contributed by atoms with Crippen LogP contribution < -0.4 is 5.32 Å². The van der Waals surface area contributed by atoms with Crippen molar-refractivity contribution < 1.29 is 0 Å². The van der Waals surface area contributed by atoms with Crippen LogP contribution in [0.15, 0.2) is 0 Å². The molecule has 0 aliphatic carbocycles. The van der Waals surface area contributed by atoms with Crippen molar-refractivity contribution in [3.05, 3.63) is 0 Å². The molecule has 1 N–H and O–H groups in total. The second kappa shape index (κ2) is 4.24. The highest BCUT2D eigenvalue weighted by atomic mass is 15.1. The van der Waals surface area contributed by atoms with Gasteiger partial charge in [0.25, 0.3) is 0 Å². The summed E-state index contributed by atoms with van der Waals surface area (Å²) in [5.74, 6) is 0. The molecule has 0 radical (unpaired) electrons. The van der Waals surface area contributed by atoms with Crippen LogP contribution in [-0.4, -0.2) is 37.1 Å². The van der Waals surface area contributed by atoms with Gasteiger partial charge in [-0.1, -0.05) is 0 Å². The van der Waals surface area contributed by atoms with Gasteiger partial charge in [-0.2, -0.15) is 0 Å². The number of likely N-dealkylation sites (tertiary alicyclic amines) is 1. The van der Waals surface area contributed by atoms with E-state index in [1.54, 1.807) is 0 Å². The molecule has 0 unspecified atom stereocenters. The largest absolute Gasteiger partial charge is 0.315 e. The average Bonchev–Trinajstić information content (AvgIpc) is 2.53. The topological polar surface area (TPSA) is 15.3 Å². The zero-order chi connectivity index (χ0) is 9.03. The smallest absolute Gasteiger partial charge is 0.0134 e. The van der Waals surface area contributed by atoms with Gasteiger partial charge in [0.05, 0.1) is 0 Å². The highest BCUT2D eigenvalue weighted by Crippen LogP contribution is 2.12. The predicted octanol–water partition coefficient (Wildman–Crippen LogP) is 1.47. The second-order valence-corrected chi connectivity index (χ2v) is 4.43. The number of nitrogens with one attached hydrogen (secondary N) is 1. The zero-order valence-electron chi connectivity index (χ0n) is 8.69. The predicted molar refractivity (Wildman–Crippen MR) is 53.4 cm³/mol. The molecule has 0 aromatic heterocycles. The Morgan fingerprint density at radius 1 is 1.25 bits per heavy atom. The molecule has 1 rings (SSSR count). The first-order valence-corrected chi connectivity index (χ1v) is 5.05. The molecule has 0 aromatic rings. The number of nitrogens with zero attached hydrogens (tertiary/aromatic N) is 1. The third-order valence-corrected chi connectivity index (χ3v) is 2.93. The van der Waals surface area contributed by atoms with Crippen molar-refractivity contribution in [3.63, 3.8) is 0 Å². The van der Waals surface area contributed by atoms with Crippen LogP contribution in [-0.2, 0) is 0 Å². The summed E-state index contributed by atoms with van der Waals surface area (Å²) in [7, 11) is 2.05. The minimum Gasteiger partial charge on any atom is -0.315 e. The molecule has 0 amide bonds. The number of hydrogen-bond acceptors (Lipinski definition) is 2. The minimum absolute atomic E-state index is 0.308. The van der Waals surface area contributed by atoms with Crippen molar-refractivity contribution in [2.24, 2.45) is 0 Å². The molecule has 0 aromatic carbocycles. The van der Waals surface area contributed by atoms with E-state index in [4.69, 9.17) is 0 Å². The Morgan fingerprint density at radius 2 is 1.83 bits per heavy atom. The summed E-state index contributed by atoms with van der Waals surface area (Å²) in [6.07, 6.45) is 4.06. The molecule has 0 spiro atoms. The van der Waals surface area contributed by atoms with Gasteiger partial charge < -0.3 is 10.2 Å². The summed E-state index contributed by atoms with van der Waals surface area (Å²) in [6, 6.07) is 0. The molecule has 0 bridgehead atoms. The molecule has 12 heavy (non-hydrogen) atoms. The van der Waals surface area contributed by atoms with Crippen LogP contribution >= 0.6 is 0 Å². The van der Waals surface area contributed by atoms with E-state index in [1.807, 2.05) is 7.05 Å². The monoisotopic (exact) mass is 170 g/mol. The number of hydrogen-bond donors (Lipinski definition) is 1. The third-order valence-electron chi connectivity index (χ3n) is 2.93. The van der Waals surface area contributed by atoms with E-state index in [-0.39, 0.29) is 0 Å². The average molecular weight is 170 g/mol. The van der Waals surface area contributed by atoms with E-state index in [9.17, 15) is 0 Å². The standard InChI is InChI=1S/C10H22N2/c1-10(2,11-3)6-9-12-7-4-5-8-12/h11H,4-9H2,1-3H3. The van der Waals surface area contributed by atoms with E-state index < -0.39 is 0 Å². The zero-order valence-corrected chi connectivity index (χ0v) is 8.69. The lowest BCUT2D eigenvalue weighted by Crippen LogP contribution is -2.39. The molecule has 0 atom stereocenters. The first kappa shape index (κ1) is 10.0. The molecule has 0 saturated carbocycles. The van der Waals surface area contributed by atoms with Crippen molar-refractivity contribution in [1.82, 2.24) is 10.2 Å². The maximum absolute atomic E-state index is 3.34. The van der Waals surface area contributed by atoms with Gasteiger partial charge >= 0.3 is 0 Å². The van der Waals surface area contributed by atoms with Crippen molar-refractivity contribution in [2.45, 2.75) is 38.6 Å². The van der Waals surface area contributed by atoms with Crippen LogP contribution in [0.25, 0.3) is 0 Å². The summed E-state index contributed by atoms with van der Waals surface area (Å²) in [5, 5.41) is 3.34. The van der Waals surface area contributed by atoms with Crippen molar-refractivity contribution in [3.8, 4) is 0 Å². The van der Waals surface area contributed by atoms with Crippen molar-refractivity contribution >= 4 is 0 Å². The molecule has 1 aliphatic rings. The van der Waals surface area contributed by atoms with Crippen molar-refractivity contribution in [2.75, 3.05) is 26.7 Å². The maximum Gasteiger partial charge on any atom is 0.0134 e. The molecule has 2 nitrogen and oxygen atoms in total. The Kier molecular flexibility index (Phi) is 3.53. The quantitative estimate of drug-likeness (QED) is 0.687. The highest BCUT2D eigenvalue weighted by molar-refractivity contribution is 4.78. The van der Waals surface area contributed by atoms with Crippen LogP contribution in [0.1, 0.15) is 33.1 Å². The molecule has 1 heterocycles. The van der Waals surface area contributed by atoms with Gasteiger partial charge in [0.1, 0.15) is 0 Å². The Morgan fingerprint density at radius 3 is 2.33 bits per heavy atom. The molecule has 2 heteroatoms. The molecule has 1 fully saturated rings. The lowest BCUT2D eigenvalue weighted by atomic mass is 10.0. The summed E-state index contributed by atoms with van der Waals surface area (Å²) >= 11 is 0. The first-order chi connectivity index (χ1) is 5.64. The van der Waals surface area contributed by atoms with Gasteiger partial charge in [0, 0.05) is 5.54 Å². The van der Waals surface area contributed by atoms with Crippen LogP contribution in [0, 0.1) is 0 Å². The Balaban J connectivity index is 2.15. The maximum atomic E-state index is 3.34. The fourth-order valence-electron chi connectivity index (χ4n) is 1.57. The van der Waals surface area contributed by atoms with Gasteiger partial charge in [-0.3, -0.25) is 0 Å². The molecule has 72 valence electrons. The minimum atomic E-state index is 0.308. The molecular weight excluding hydrogens is 148 g/mol. The van der Waals surface area contributed by atoms with Gasteiger partial charge in [-0.05, 0) is 59.8 Å². The molecular formula is C10H22N2. The van der Waals surface area contributed by atoms with Gasteiger partial charge in [-0.15, -0.1) is 0 Å². The lowest BCUT2D eigenvalue weighted by molar-refractivity contribution is 0.278. The van der Waals surface area contributed by atoms with E-state index in [0.717, 1.165) is 0 Å². The number of rotatable bonds is 4. The van der Waals surface area contributed by atoms with Crippen LogP contribution in [0.2, 0.25) is 0 Å². The van der Waals surface area contributed by atoms with Gasteiger partial charge in [-0.25, -0.2) is 0 Å². The van der Waals surface area contributed by atoms with Crippen LogP contribution in [0.5, 0.6) is 0 Å². The van der Waals surface area contributed by atoms with Gasteiger partial charge in [0.2, 0.25) is 0 Å². The van der Waals surface area contributed by atoms with E-state index in [2.05, 4.69) is 24.1 Å². The van der Waals surface area contributed by atoms with Gasteiger partial charge in [0.15, 0.2) is 0 Å². The highest BCUT2D eigenvalue weighted by Gasteiger charge is 2.18. The summed E-state index contributed by atoms with van der Waals surface area (Å²) in [4.78, 5) is 2.57. The SMILES string of the molecule is CNC(C)(C)CCN1CCCC1. The normalized spacial score (nSPS) is 20.2. The van der Waals surface area contributed by atoms with Crippen LogP contribution in [0.3, 0.4) is 0 Å². The van der Waals surface area contributed by atoms with E-state index in [0.29, 0.717) is 5.54 Å². The second-order valence-electron chi connectivity index (χ2n) is 4.43. The summed E-state index contributed by atoms with van der Waals surface area (Å²) < 4.78 is 0. The molecule has 1 saturated heterocycles.